The number of carbonyl (C=O) groups is 1. The lowest BCUT2D eigenvalue weighted by molar-refractivity contribution is -0.0505. The Hall–Kier alpha value is -3.81. The van der Waals surface area contributed by atoms with E-state index < -0.39 is 0 Å². The number of pyridine rings is 2. The number of hydrogen-bond donors (Lipinski definition) is 1. The van der Waals surface area contributed by atoms with E-state index in [-0.39, 0.29) is 18.0 Å². The van der Waals surface area contributed by atoms with Crippen molar-refractivity contribution in [2.75, 3.05) is 11.9 Å². The third kappa shape index (κ3) is 3.50. The summed E-state index contributed by atoms with van der Waals surface area (Å²) >= 11 is 0. The summed E-state index contributed by atoms with van der Waals surface area (Å²) in [5.41, 5.74) is 1.81. The van der Waals surface area contributed by atoms with Crippen LogP contribution in [0.2, 0.25) is 0 Å². The second kappa shape index (κ2) is 8.20. The standard InChI is InChI=1S/C26H27N7O/c1-16-7-8-22(33-29-9-10-30-33)25(31-16)26(34)32-21-11-20(12-21)17(2)23(32)15-28-24-13-18-5-3-4-6-19(18)14-27-24/h3-10,13-14,17,20-21,23H,11-12,15H2,1-2H3,(H,27,28)/t17-,20?,21?,23-/m1/s1. The molecule has 3 aliphatic rings. The molecule has 8 heteroatoms. The van der Waals surface area contributed by atoms with E-state index in [1.54, 1.807) is 12.4 Å². The molecule has 7 rings (SSSR count). The van der Waals surface area contributed by atoms with Gasteiger partial charge in [-0.25, -0.2) is 9.97 Å². The molecule has 5 heterocycles. The van der Waals surface area contributed by atoms with Gasteiger partial charge in [-0.1, -0.05) is 31.2 Å². The summed E-state index contributed by atoms with van der Waals surface area (Å²) in [5.74, 6) is 1.82. The monoisotopic (exact) mass is 453 g/mol. The molecule has 8 nitrogen and oxygen atoms in total. The summed E-state index contributed by atoms with van der Waals surface area (Å²) in [5, 5.41) is 14.3. The van der Waals surface area contributed by atoms with Crippen molar-refractivity contribution < 1.29 is 4.79 Å². The number of aromatic nitrogens is 5. The number of nitrogens with one attached hydrogen (secondary N) is 1. The van der Waals surface area contributed by atoms with Crippen LogP contribution >= 0.6 is 0 Å². The molecule has 0 radical (unpaired) electrons. The third-order valence-electron chi connectivity index (χ3n) is 7.46. The molecule has 0 unspecified atom stereocenters. The number of carbonyl (C=O) groups excluding carboxylic acids is 1. The van der Waals surface area contributed by atoms with E-state index in [4.69, 9.17) is 0 Å². The van der Waals surface area contributed by atoms with Gasteiger partial charge < -0.3 is 10.2 Å². The number of benzene rings is 1. The SMILES string of the molecule is Cc1ccc(-n2nccn2)c(C(=O)N2C3CC(C3)[C@@H](C)[C@H]2CNc2cc3ccccc3cn2)n1. The maximum atomic E-state index is 14.0. The van der Waals surface area contributed by atoms with Crippen LogP contribution in [0.5, 0.6) is 0 Å². The van der Waals surface area contributed by atoms with Gasteiger partial charge in [0.2, 0.25) is 0 Å². The zero-order valence-electron chi connectivity index (χ0n) is 19.3. The molecule has 3 aromatic heterocycles. The van der Waals surface area contributed by atoms with Crippen LogP contribution in [-0.2, 0) is 0 Å². The first kappa shape index (κ1) is 20.8. The molecule has 172 valence electrons. The van der Waals surface area contributed by atoms with Crippen molar-refractivity contribution in [1.29, 1.82) is 0 Å². The Labute approximate surface area is 198 Å². The minimum Gasteiger partial charge on any atom is -0.368 e. The van der Waals surface area contributed by atoms with Gasteiger partial charge in [-0.15, -0.1) is 4.80 Å². The van der Waals surface area contributed by atoms with Gasteiger partial charge in [0, 0.05) is 29.9 Å². The van der Waals surface area contributed by atoms with Crippen molar-refractivity contribution >= 4 is 22.5 Å². The summed E-state index contributed by atoms with van der Waals surface area (Å²) in [4.78, 5) is 26.8. The first-order valence-corrected chi connectivity index (χ1v) is 11.8. The number of amides is 1. The van der Waals surface area contributed by atoms with Crippen LogP contribution in [0, 0.1) is 18.8 Å². The average Bonchev–Trinajstić information content (AvgIpc) is 3.36. The van der Waals surface area contributed by atoms with Crippen LogP contribution in [-0.4, -0.2) is 54.4 Å². The van der Waals surface area contributed by atoms with Gasteiger partial charge >= 0.3 is 0 Å². The van der Waals surface area contributed by atoms with E-state index in [0.29, 0.717) is 29.8 Å². The average molecular weight is 454 g/mol. The number of piperidine rings is 2. The molecular formula is C26H27N7O. The predicted molar refractivity (Wildman–Crippen MR) is 130 cm³/mol. The Balaban J connectivity index is 1.30. The van der Waals surface area contributed by atoms with Crippen LogP contribution in [0.4, 0.5) is 5.82 Å². The largest absolute Gasteiger partial charge is 0.368 e. The van der Waals surface area contributed by atoms with Gasteiger partial charge in [-0.3, -0.25) is 4.79 Å². The zero-order chi connectivity index (χ0) is 23.2. The molecule has 2 atom stereocenters. The second-order valence-electron chi connectivity index (χ2n) is 9.46. The quantitative estimate of drug-likeness (QED) is 0.494. The Morgan fingerprint density at radius 2 is 1.85 bits per heavy atom. The fraction of sp³-hybridized carbons (Fsp3) is 0.346. The van der Waals surface area contributed by atoms with E-state index in [9.17, 15) is 4.79 Å². The maximum absolute atomic E-state index is 14.0. The molecule has 1 aromatic carbocycles. The highest BCUT2D eigenvalue weighted by atomic mass is 16.2. The third-order valence-corrected chi connectivity index (χ3v) is 7.46. The molecule has 1 saturated carbocycles. The highest BCUT2D eigenvalue weighted by Crippen LogP contribution is 2.47. The van der Waals surface area contributed by atoms with E-state index in [1.165, 1.54) is 4.80 Å². The minimum absolute atomic E-state index is 0.0516. The van der Waals surface area contributed by atoms with Crippen LogP contribution in [0.15, 0.2) is 61.1 Å². The lowest BCUT2D eigenvalue weighted by Gasteiger charge is -2.57. The maximum Gasteiger partial charge on any atom is 0.275 e. The predicted octanol–water partition coefficient (Wildman–Crippen LogP) is 3.87. The number of nitrogens with zero attached hydrogens (tertiary/aromatic N) is 6. The Bertz CT molecular complexity index is 1350. The highest BCUT2D eigenvalue weighted by Gasteiger charge is 2.51. The van der Waals surface area contributed by atoms with Crippen LogP contribution in [0.1, 0.15) is 35.9 Å². The number of hydrogen-bond acceptors (Lipinski definition) is 6. The fourth-order valence-electron chi connectivity index (χ4n) is 5.45. The number of fused-ring (bicyclic) bond motifs is 3. The molecular weight excluding hydrogens is 426 g/mol. The van der Waals surface area contributed by atoms with E-state index in [2.05, 4.69) is 55.5 Å². The first-order valence-electron chi connectivity index (χ1n) is 11.8. The molecule has 4 aromatic rings. The fourth-order valence-corrected chi connectivity index (χ4v) is 5.45. The van der Waals surface area contributed by atoms with Crippen LogP contribution in [0.25, 0.3) is 16.5 Å². The van der Waals surface area contributed by atoms with Crippen molar-refractivity contribution in [3.8, 4) is 5.69 Å². The molecule has 0 spiro atoms. The van der Waals surface area contributed by atoms with Crippen molar-refractivity contribution in [3.63, 3.8) is 0 Å². The summed E-state index contributed by atoms with van der Waals surface area (Å²) in [6.07, 6.45) is 7.22. The summed E-state index contributed by atoms with van der Waals surface area (Å²) < 4.78 is 0. The molecule has 3 fully saturated rings. The highest BCUT2D eigenvalue weighted by molar-refractivity contribution is 5.96. The van der Waals surface area contributed by atoms with E-state index >= 15 is 0 Å². The Morgan fingerprint density at radius 1 is 1.09 bits per heavy atom. The second-order valence-corrected chi connectivity index (χ2v) is 9.46. The van der Waals surface area contributed by atoms with Gasteiger partial charge in [0.25, 0.3) is 5.91 Å². The van der Waals surface area contributed by atoms with Gasteiger partial charge in [0.15, 0.2) is 5.69 Å². The van der Waals surface area contributed by atoms with Crippen molar-refractivity contribution in [3.05, 3.63) is 72.4 Å². The lowest BCUT2D eigenvalue weighted by atomic mass is 9.64. The molecule has 34 heavy (non-hydrogen) atoms. The lowest BCUT2D eigenvalue weighted by Crippen LogP contribution is -2.64. The molecule has 2 bridgehead atoms. The summed E-state index contributed by atoms with van der Waals surface area (Å²) in [6.45, 7) is 4.81. The van der Waals surface area contributed by atoms with Crippen molar-refractivity contribution in [2.45, 2.75) is 38.8 Å². The first-order chi connectivity index (χ1) is 16.6. The summed E-state index contributed by atoms with van der Waals surface area (Å²) in [6, 6.07) is 14.3. The van der Waals surface area contributed by atoms with Gasteiger partial charge in [-0.05, 0) is 55.2 Å². The van der Waals surface area contributed by atoms with Gasteiger partial charge in [0.1, 0.15) is 11.5 Å². The molecule has 1 N–H and O–H groups in total. The van der Waals surface area contributed by atoms with Gasteiger partial charge in [0.05, 0.1) is 18.4 Å². The van der Waals surface area contributed by atoms with Crippen LogP contribution < -0.4 is 5.32 Å². The van der Waals surface area contributed by atoms with Gasteiger partial charge in [-0.2, -0.15) is 10.2 Å². The summed E-state index contributed by atoms with van der Waals surface area (Å²) in [7, 11) is 0. The Kier molecular flexibility index (Phi) is 5.01. The molecule has 1 amide bonds. The zero-order valence-corrected chi connectivity index (χ0v) is 19.3. The topological polar surface area (TPSA) is 88.8 Å². The van der Waals surface area contributed by atoms with E-state index in [0.717, 1.165) is 35.1 Å². The Morgan fingerprint density at radius 3 is 2.65 bits per heavy atom. The molecule has 1 aliphatic carbocycles. The number of rotatable bonds is 5. The van der Waals surface area contributed by atoms with E-state index in [1.807, 2.05) is 37.4 Å². The number of aryl methyl sites for hydroxylation is 1. The van der Waals surface area contributed by atoms with Crippen LogP contribution in [0.3, 0.4) is 0 Å². The number of anilines is 1. The minimum atomic E-state index is -0.0516. The van der Waals surface area contributed by atoms with Crippen molar-refractivity contribution in [1.82, 2.24) is 29.9 Å². The molecule has 2 saturated heterocycles. The smallest absolute Gasteiger partial charge is 0.275 e. The van der Waals surface area contributed by atoms with Crippen molar-refractivity contribution in [2.24, 2.45) is 11.8 Å². The molecule has 2 aliphatic heterocycles. The normalized spacial score (nSPS) is 23.5.